The van der Waals surface area contributed by atoms with E-state index in [1.807, 2.05) is 24.3 Å². The van der Waals surface area contributed by atoms with E-state index in [0.717, 1.165) is 24.1 Å². The fraction of sp³-hybridized carbons (Fsp3) is 0.400. The Balaban J connectivity index is 2.02. The second kappa shape index (κ2) is 6.79. The first kappa shape index (κ1) is 16.1. The summed E-state index contributed by atoms with van der Waals surface area (Å²) in [7, 11) is 0. The first-order valence-corrected chi connectivity index (χ1v) is 8.33. The van der Waals surface area contributed by atoms with E-state index in [9.17, 15) is 8.78 Å². The van der Waals surface area contributed by atoms with E-state index in [2.05, 4.69) is 18.7 Å². The Labute approximate surface area is 136 Å². The first-order chi connectivity index (χ1) is 11.1. The molecule has 3 rings (SSSR count). The number of hydrogen-bond acceptors (Lipinski definition) is 1. The fourth-order valence-electron chi connectivity index (χ4n) is 3.60. The maximum absolute atomic E-state index is 13.3. The van der Waals surface area contributed by atoms with Crippen LogP contribution in [0.2, 0.25) is 0 Å². The van der Waals surface area contributed by atoms with E-state index in [4.69, 9.17) is 0 Å². The molecule has 1 aliphatic rings. The number of hydrogen-bond donors (Lipinski definition) is 0. The van der Waals surface area contributed by atoms with Crippen molar-refractivity contribution in [3.63, 3.8) is 0 Å². The smallest absolute Gasteiger partial charge is 0.123 e. The lowest BCUT2D eigenvalue weighted by Crippen LogP contribution is -2.44. The van der Waals surface area contributed by atoms with Crippen LogP contribution in [0, 0.1) is 17.6 Å². The van der Waals surface area contributed by atoms with Crippen molar-refractivity contribution in [2.24, 2.45) is 5.92 Å². The molecule has 0 saturated carbocycles. The molecule has 1 saturated heterocycles. The Kier molecular flexibility index (Phi) is 4.76. The molecule has 0 aliphatic carbocycles. The van der Waals surface area contributed by atoms with Crippen molar-refractivity contribution in [3.05, 3.63) is 71.3 Å². The highest BCUT2D eigenvalue weighted by Crippen LogP contribution is 2.36. The molecule has 1 heterocycles. The summed E-state index contributed by atoms with van der Waals surface area (Å²) in [6, 6.07) is 13.9. The Bertz CT molecular complexity index is 590. The van der Waals surface area contributed by atoms with E-state index >= 15 is 0 Å². The molecule has 0 bridgehead atoms. The molecule has 2 aromatic rings. The van der Waals surface area contributed by atoms with Crippen LogP contribution < -0.4 is 0 Å². The maximum atomic E-state index is 13.3. The number of rotatable bonds is 3. The predicted octanol–water partition coefficient (Wildman–Crippen LogP) is 5.17. The SMILES string of the molecule is CC1CCCN(C(c2ccc(F)cc2)c2ccc(F)cc2)C1C. The van der Waals surface area contributed by atoms with Crippen molar-refractivity contribution < 1.29 is 8.78 Å². The molecule has 2 atom stereocenters. The van der Waals surface area contributed by atoms with Gasteiger partial charge in [0.25, 0.3) is 0 Å². The summed E-state index contributed by atoms with van der Waals surface area (Å²) >= 11 is 0. The summed E-state index contributed by atoms with van der Waals surface area (Å²) in [4.78, 5) is 2.47. The molecule has 2 aromatic carbocycles. The van der Waals surface area contributed by atoms with Gasteiger partial charge in [-0.2, -0.15) is 0 Å². The summed E-state index contributed by atoms with van der Waals surface area (Å²) < 4.78 is 26.6. The van der Waals surface area contributed by atoms with Crippen LogP contribution in [-0.2, 0) is 0 Å². The normalized spacial score (nSPS) is 22.5. The van der Waals surface area contributed by atoms with E-state index in [-0.39, 0.29) is 17.7 Å². The Morgan fingerprint density at radius 3 is 1.83 bits per heavy atom. The quantitative estimate of drug-likeness (QED) is 0.755. The molecule has 0 spiro atoms. The summed E-state index contributed by atoms with van der Waals surface area (Å²) in [6.07, 6.45) is 2.39. The maximum Gasteiger partial charge on any atom is 0.123 e. The highest BCUT2D eigenvalue weighted by Gasteiger charge is 2.32. The van der Waals surface area contributed by atoms with Crippen molar-refractivity contribution in [1.29, 1.82) is 0 Å². The molecule has 122 valence electrons. The molecule has 0 aromatic heterocycles. The molecule has 0 radical (unpaired) electrons. The van der Waals surface area contributed by atoms with Gasteiger partial charge in [-0.1, -0.05) is 31.2 Å². The minimum atomic E-state index is -0.230. The minimum Gasteiger partial charge on any atom is -0.289 e. The number of halogens is 2. The van der Waals surface area contributed by atoms with E-state index in [1.54, 1.807) is 0 Å². The van der Waals surface area contributed by atoms with Gasteiger partial charge in [-0.05, 0) is 67.6 Å². The van der Waals surface area contributed by atoms with Gasteiger partial charge in [-0.25, -0.2) is 8.78 Å². The second-order valence-electron chi connectivity index (χ2n) is 6.60. The number of nitrogens with zero attached hydrogens (tertiary/aromatic N) is 1. The number of benzene rings is 2. The van der Waals surface area contributed by atoms with Gasteiger partial charge in [-0.15, -0.1) is 0 Å². The van der Waals surface area contributed by atoms with Crippen LogP contribution in [0.4, 0.5) is 8.78 Å². The van der Waals surface area contributed by atoms with Gasteiger partial charge in [0, 0.05) is 6.04 Å². The average molecular weight is 315 g/mol. The third-order valence-electron chi connectivity index (χ3n) is 5.13. The van der Waals surface area contributed by atoms with E-state index < -0.39 is 0 Å². The zero-order valence-corrected chi connectivity index (χ0v) is 13.7. The molecule has 0 N–H and O–H groups in total. The van der Waals surface area contributed by atoms with Crippen molar-refractivity contribution in [2.45, 2.75) is 38.8 Å². The van der Waals surface area contributed by atoms with Gasteiger partial charge in [0.15, 0.2) is 0 Å². The lowest BCUT2D eigenvalue weighted by Gasteiger charge is -2.43. The molecule has 1 fully saturated rings. The van der Waals surface area contributed by atoms with Crippen LogP contribution in [-0.4, -0.2) is 17.5 Å². The topological polar surface area (TPSA) is 3.24 Å². The lowest BCUT2D eigenvalue weighted by molar-refractivity contribution is 0.0838. The van der Waals surface area contributed by atoms with Crippen LogP contribution in [0.25, 0.3) is 0 Å². The van der Waals surface area contributed by atoms with Gasteiger partial charge < -0.3 is 0 Å². The van der Waals surface area contributed by atoms with Crippen molar-refractivity contribution in [3.8, 4) is 0 Å². The second-order valence-corrected chi connectivity index (χ2v) is 6.60. The highest BCUT2D eigenvalue weighted by atomic mass is 19.1. The Morgan fingerprint density at radius 2 is 1.35 bits per heavy atom. The van der Waals surface area contributed by atoms with Crippen LogP contribution in [0.5, 0.6) is 0 Å². The molecular formula is C20H23F2N. The van der Waals surface area contributed by atoms with Crippen molar-refractivity contribution in [2.75, 3.05) is 6.54 Å². The van der Waals surface area contributed by atoms with Gasteiger partial charge >= 0.3 is 0 Å². The summed E-state index contributed by atoms with van der Waals surface area (Å²) in [6.45, 7) is 5.54. The van der Waals surface area contributed by atoms with E-state index in [0.29, 0.717) is 12.0 Å². The molecule has 1 nitrogen and oxygen atoms in total. The van der Waals surface area contributed by atoms with Gasteiger partial charge in [-0.3, -0.25) is 4.90 Å². The molecule has 3 heteroatoms. The standard InChI is InChI=1S/C20H23F2N/c1-14-4-3-13-23(15(14)2)20(16-5-9-18(21)10-6-16)17-7-11-19(22)12-8-17/h5-12,14-15,20H,3-4,13H2,1-2H3. The summed E-state index contributed by atoms with van der Waals surface area (Å²) in [5.74, 6) is 0.158. The third-order valence-corrected chi connectivity index (χ3v) is 5.13. The van der Waals surface area contributed by atoms with Gasteiger partial charge in [0.2, 0.25) is 0 Å². The molecular weight excluding hydrogens is 292 g/mol. The monoisotopic (exact) mass is 315 g/mol. The molecule has 1 aliphatic heterocycles. The Morgan fingerprint density at radius 1 is 0.870 bits per heavy atom. The van der Waals surface area contributed by atoms with Crippen LogP contribution in [0.15, 0.2) is 48.5 Å². The molecule has 2 unspecified atom stereocenters. The third kappa shape index (κ3) is 3.45. The number of likely N-dealkylation sites (tertiary alicyclic amines) is 1. The molecule has 23 heavy (non-hydrogen) atoms. The van der Waals surface area contributed by atoms with Crippen LogP contribution in [0.1, 0.15) is 43.9 Å². The van der Waals surface area contributed by atoms with Gasteiger partial charge in [0.1, 0.15) is 11.6 Å². The van der Waals surface area contributed by atoms with Crippen LogP contribution >= 0.6 is 0 Å². The largest absolute Gasteiger partial charge is 0.289 e. The van der Waals surface area contributed by atoms with Crippen LogP contribution in [0.3, 0.4) is 0 Å². The van der Waals surface area contributed by atoms with Crippen molar-refractivity contribution >= 4 is 0 Å². The fourth-order valence-corrected chi connectivity index (χ4v) is 3.60. The van der Waals surface area contributed by atoms with Crippen molar-refractivity contribution in [1.82, 2.24) is 4.90 Å². The zero-order chi connectivity index (χ0) is 16.4. The Hall–Kier alpha value is -1.74. The average Bonchev–Trinajstić information content (AvgIpc) is 2.55. The summed E-state index contributed by atoms with van der Waals surface area (Å²) in [5, 5.41) is 0. The minimum absolute atomic E-state index is 0.0361. The first-order valence-electron chi connectivity index (χ1n) is 8.33. The van der Waals surface area contributed by atoms with E-state index in [1.165, 1.54) is 30.7 Å². The van der Waals surface area contributed by atoms with Gasteiger partial charge in [0.05, 0.1) is 6.04 Å². The predicted molar refractivity (Wildman–Crippen MR) is 89.2 cm³/mol. The number of piperidine rings is 1. The molecule has 0 amide bonds. The lowest BCUT2D eigenvalue weighted by atomic mass is 9.87. The summed E-state index contributed by atoms with van der Waals surface area (Å²) in [5.41, 5.74) is 2.11. The zero-order valence-electron chi connectivity index (χ0n) is 13.7. The highest BCUT2D eigenvalue weighted by molar-refractivity contribution is 5.32.